The van der Waals surface area contributed by atoms with Crippen molar-refractivity contribution in [3.8, 4) is 0 Å². The Morgan fingerprint density at radius 3 is 2.47 bits per heavy atom. The fraction of sp³-hybridized carbons (Fsp3) is 0.222. The molecule has 80 valence electrons. The van der Waals surface area contributed by atoms with Crippen LogP contribution in [0.25, 0.3) is 0 Å². The van der Waals surface area contributed by atoms with Gasteiger partial charge in [0.25, 0.3) is 9.05 Å². The van der Waals surface area contributed by atoms with Crippen molar-refractivity contribution < 1.29 is 13.2 Å². The molecule has 3 nitrogen and oxygen atoms in total. The Morgan fingerprint density at radius 1 is 1.20 bits per heavy atom. The molecule has 0 bridgehead atoms. The van der Waals surface area contributed by atoms with Gasteiger partial charge in [0.05, 0.1) is 4.90 Å². The van der Waals surface area contributed by atoms with Gasteiger partial charge in [-0.05, 0) is 24.1 Å². The summed E-state index contributed by atoms with van der Waals surface area (Å²) in [6.07, 6.45) is 0.724. The zero-order chi connectivity index (χ0) is 11.2. The smallest absolute Gasteiger partial charge is 0.261 e. The minimum Gasteiger partial charge on any atom is -0.294 e. The molecule has 0 aliphatic heterocycles. The number of ketones is 1. The Kier molecular flexibility index (Phi) is 2.53. The predicted molar refractivity (Wildman–Crippen MR) is 57.1 cm³/mol. The molecule has 0 unspecified atom stereocenters. The van der Waals surface area contributed by atoms with Gasteiger partial charge in [0.1, 0.15) is 0 Å². The Labute approximate surface area is 96.4 Å². The van der Waals surface area contributed by atoms with Crippen molar-refractivity contribution in [2.45, 2.75) is 17.7 Å². The van der Waals surface area contributed by atoms with Crippen LogP contribution in [-0.4, -0.2) is 14.2 Å². The third-order valence-electron chi connectivity index (χ3n) is 2.34. The van der Waals surface area contributed by atoms with Crippen molar-refractivity contribution in [3.05, 3.63) is 28.3 Å². The van der Waals surface area contributed by atoms with Gasteiger partial charge in [-0.1, -0.05) is 11.6 Å². The first-order valence-electron chi connectivity index (χ1n) is 4.20. The van der Waals surface area contributed by atoms with Gasteiger partial charge in [0.2, 0.25) is 0 Å². The lowest BCUT2D eigenvalue weighted by Gasteiger charge is -2.04. The normalized spacial score (nSPS) is 15.5. The second-order valence-electron chi connectivity index (χ2n) is 3.29. The van der Waals surface area contributed by atoms with E-state index in [0.29, 0.717) is 24.0 Å². The lowest BCUT2D eigenvalue weighted by atomic mass is 10.1. The average molecular weight is 265 g/mol. The largest absolute Gasteiger partial charge is 0.294 e. The maximum atomic E-state index is 11.4. The van der Waals surface area contributed by atoms with Crippen LogP contribution in [0, 0.1) is 0 Å². The number of Topliss-reactive ketones (excluding diaryl/α,β-unsaturated/α-hetero) is 1. The number of rotatable bonds is 1. The number of hydrogen-bond acceptors (Lipinski definition) is 3. The molecule has 6 heteroatoms. The number of hydrogen-bond donors (Lipinski definition) is 0. The van der Waals surface area contributed by atoms with Crippen LogP contribution in [0.5, 0.6) is 0 Å². The number of halogens is 2. The van der Waals surface area contributed by atoms with Crippen LogP contribution in [-0.2, 0) is 15.5 Å². The number of benzene rings is 1. The topological polar surface area (TPSA) is 51.2 Å². The van der Waals surface area contributed by atoms with Gasteiger partial charge in [0, 0.05) is 27.7 Å². The molecule has 1 aromatic carbocycles. The maximum Gasteiger partial charge on any atom is 0.261 e. The predicted octanol–water partition coefficient (Wildman–Crippen LogP) is 2.40. The summed E-state index contributed by atoms with van der Waals surface area (Å²) >= 11 is 5.72. The minimum atomic E-state index is -3.84. The first-order valence-corrected chi connectivity index (χ1v) is 6.88. The quantitative estimate of drug-likeness (QED) is 0.732. The summed E-state index contributed by atoms with van der Waals surface area (Å²) < 4.78 is 22.5. The van der Waals surface area contributed by atoms with Crippen molar-refractivity contribution in [1.82, 2.24) is 0 Å². The molecule has 0 saturated heterocycles. The molecule has 0 spiro atoms. The minimum absolute atomic E-state index is 0.0440. The summed E-state index contributed by atoms with van der Waals surface area (Å²) in [5, 5.41) is 0.211. The second kappa shape index (κ2) is 3.47. The molecular formula is C9H6Cl2O3S. The molecule has 0 heterocycles. The molecule has 0 N–H and O–H groups in total. The SMILES string of the molecule is O=C1CCc2c1cc(Cl)cc2S(=O)(=O)Cl. The van der Waals surface area contributed by atoms with Crippen molar-refractivity contribution in [2.24, 2.45) is 0 Å². The van der Waals surface area contributed by atoms with Gasteiger partial charge < -0.3 is 0 Å². The van der Waals surface area contributed by atoms with E-state index in [2.05, 4.69) is 0 Å². The summed E-state index contributed by atoms with van der Waals surface area (Å²) in [7, 11) is 1.43. The van der Waals surface area contributed by atoms with Gasteiger partial charge in [-0.25, -0.2) is 8.42 Å². The average Bonchev–Trinajstić information content (AvgIpc) is 2.45. The molecule has 1 aliphatic rings. The van der Waals surface area contributed by atoms with Crippen LogP contribution in [0.1, 0.15) is 22.3 Å². The molecule has 2 rings (SSSR count). The molecule has 1 aliphatic carbocycles. The van der Waals surface area contributed by atoms with E-state index < -0.39 is 9.05 Å². The van der Waals surface area contributed by atoms with E-state index in [0.717, 1.165) is 0 Å². The second-order valence-corrected chi connectivity index (χ2v) is 6.26. The molecule has 1 aromatic rings. The Morgan fingerprint density at radius 2 is 1.87 bits per heavy atom. The van der Waals surface area contributed by atoms with Gasteiger partial charge in [-0.2, -0.15) is 0 Å². The fourth-order valence-corrected chi connectivity index (χ4v) is 3.18. The zero-order valence-electron chi connectivity index (χ0n) is 7.46. The Balaban J connectivity index is 2.79. The van der Waals surface area contributed by atoms with Gasteiger partial charge in [0.15, 0.2) is 5.78 Å². The van der Waals surface area contributed by atoms with Gasteiger partial charge >= 0.3 is 0 Å². The molecule has 0 radical (unpaired) electrons. The van der Waals surface area contributed by atoms with E-state index in [1.54, 1.807) is 0 Å². The number of carbonyl (C=O) groups excluding carboxylic acids is 1. The van der Waals surface area contributed by atoms with Crippen molar-refractivity contribution in [3.63, 3.8) is 0 Å². The highest BCUT2D eigenvalue weighted by molar-refractivity contribution is 8.13. The first kappa shape index (κ1) is 10.9. The zero-order valence-corrected chi connectivity index (χ0v) is 9.79. The maximum absolute atomic E-state index is 11.4. The van der Waals surface area contributed by atoms with Crippen LogP contribution in [0.2, 0.25) is 5.02 Å². The molecule has 0 aromatic heterocycles. The molecule has 0 amide bonds. The summed E-state index contributed by atoms with van der Waals surface area (Å²) in [5.41, 5.74) is 0.862. The highest BCUT2D eigenvalue weighted by Crippen LogP contribution is 2.33. The van der Waals surface area contributed by atoms with Crippen molar-refractivity contribution >= 4 is 37.1 Å². The van der Waals surface area contributed by atoms with Gasteiger partial charge in [-0.3, -0.25) is 4.79 Å². The van der Waals surface area contributed by atoms with Gasteiger partial charge in [-0.15, -0.1) is 0 Å². The fourth-order valence-electron chi connectivity index (χ4n) is 1.71. The monoisotopic (exact) mass is 264 g/mol. The van der Waals surface area contributed by atoms with Crippen LogP contribution in [0.4, 0.5) is 0 Å². The highest BCUT2D eigenvalue weighted by atomic mass is 35.7. The van der Waals surface area contributed by atoms with E-state index in [4.69, 9.17) is 22.3 Å². The van der Waals surface area contributed by atoms with Crippen LogP contribution in [0.3, 0.4) is 0 Å². The molecular weight excluding hydrogens is 259 g/mol. The standard InChI is InChI=1S/C9H6Cl2O3S/c10-5-3-7-6(1-2-8(7)12)9(4-5)15(11,13)14/h3-4H,1-2H2. The van der Waals surface area contributed by atoms with E-state index in [1.807, 2.05) is 0 Å². The molecule has 15 heavy (non-hydrogen) atoms. The summed E-state index contributed by atoms with van der Waals surface area (Å²) in [5.74, 6) is -0.0888. The summed E-state index contributed by atoms with van der Waals surface area (Å²) in [4.78, 5) is 11.4. The van der Waals surface area contributed by atoms with E-state index in [9.17, 15) is 13.2 Å². The highest BCUT2D eigenvalue weighted by Gasteiger charge is 2.27. The summed E-state index contributed by atoms with van der Waals surface area (Å²) in [6, 6.07) is 2.76. The lowest BCUT2D eigenvalue weighted by molar-refractivity contribution is 0.0994. The Hall–Kier alpha value is -0.580. The third kappa shape index (κ3) is 1.89. The Bertz CT molecular complexity index is 549. The first-order chi connectivity index (χ1) is 6.89. The summed E-state index contributed by atoms with van der Waals surface area (Å²) in [6.45, 7) is 0. The van der Waals surface area contributed by atoms with E-state index in [1.165, 1.54) is 12.1 Å². The van der Waals surface area contributed by atoms with Crippen molar-refractivity contribution in [2.75, 3.05) is 0 Å². The van der Waals surface area contributed by atoms with E-state index >= 15 is 0 Å². The van der Waals surface area contributed by atoms with Crippen LogP contribution < -0.4 is 0 Å². The molecule has 0 saturated carbocycles. The number of fused-ring (bicyclic) bond motifs is 1. The van der Waals surface area contributed by atoms with Crippen LogP contribution in [0.15, 0.2) is 17.0 Å². The molecule has 0 fully saturated rings. The van der Waals surface area contributed by atoms with Crippen LogP contribution >= 0.6 is 22.3 Å². The molecule has 0 atom stereocenters. The third-order valence-corrected chi connectivity index (χ3v) is 3.95. The number of carbonyl (C=O) groups is 1. The van der Waals surface area contributed by atoms with Crippen molar-refractivity contribution in [1.29, 1.82) is 0 Å². The van der Waals surface area contributed by atoms with E-state index in [-0.39, 0.29) is 15.7 Å². The lowest BCUT2D eigenvalue weighted by Crippen LogP contribution is -1.99.